The molecule has 0 aliphatic heterocycles. The fraction of sp³-hybridized carbons (Fsp3) is 0.800. The highest BCUT2D eigenvalue weighted by Crippen LogP contribution is 2.36. The van der Waals surface area contributed by atoms with Crippen molar-refractivity contribution in [2.45, 2.75) is 57.7 Å². The molecule has 3 unspecified atom stereocenters. The Labute approximate surface area is 116 Å². The zero-order valence-electron chi connectivity index (χ0n) is 11.8. The lowest BCUT2D eigenvalue weighted by molar-refractivity contribution is 0.254. The molecule has 0 saturated heterocycles. The zero-order valence-corrected chi connectivity index (χ0v) is 12.6. The van der Waals surface area contributed by atoms with Crippen LogP contribution in [-0.2, 0) is 13.5 Å². The molecule has 0 amide bonds. The van der Waals surface area contributed by atoms with Crippen LogP contribution in [0.3, 0.4) is 0 Å². The van der Waals surface area contributed by atoms with Crippen molar-refractivity contribution in [3.05, 3.63) is 17.5 Å². The van der Waals surface area contributed by atoms with Gasteiger partial charge in [-0.3, -0.25) is 4.68 Å². The van der Waals surface area contributed by atoms with E-state index in [9.17, 15) is 0 Å². The van der Waals surface area contributed by atoms with Gasteiger partial charge in [0.05, 0.1) is 5.69 Å². The Morgan fingerprint density at radius 3 is 2.83 bits per heavy atom. The predicted molar refractivity (Wildman–Crippen MR) is 77.0 cm³/mol. The molecular weight excluding hydrogens is 244 g/mol. The number of halogens is 1. The van der Waals surface area contributed by atoms with E-state index in [0.717, 1.165) is 18.0 Å². The van der Waals surface area contributed by atoms with Crippen LogP contribution in [0.4, 0.5) is 0 Å². The third-order valence-electron chi connectivity index (χ3n) is 4.27. The molecule has 1 aromatic heterocycles. The van der Waals surface area contributed by atoms with Gasteiger partial charge < -0.3 is 0 Å². The summed E-state index contributed by atoms with van der Waals surface area (Å²) in [6.07, 6.45) is 7.56. The molecule has 1 aliphatic carbocycles. The van der Waals surface area contributed by atoms with Gasteiger partial charge in [0.2, 0.25) is 0 Å². The minimum atomic E-state index is 0.355. The fourth-order valence-electron chi connectivity index (χ4n) is 3.33. The molecule has 1 aromatic rings. The Morgan fingerprint density at radius 2 is 2.22 bits per heavy atom. The number of rotatable bonds is 4. The van der Waals surface area contributed by atoms with E-state index < -0.39 is 0 Å². The summed E-state index contributed by atoms with van der Waals surface area (Å²) in [6, 6.07) is 2.20. The van der Waals surface area contributed by atoms with Crippen molar-refractivity contribution in [2.24, 2.45) is 18.9 Å². The van der Waals surface area contributed by atoms with Gasteiger partial charge in [-0.15, -0.1) is 11.6 Å². The van der Waals surface area contributed by atoms with E-state index in [1.54, 1.807) is 0 Å². The second-order valence-corrected chi connectivity index (χ2v) is 6.41. The molecular formula is C15H25ClN2. The second-order valence-electron chi connectivity index (χ2n) is 5.85. The van der Waals surface area contributed by atoms with Crippen molar-refractivity contribution in [1.29, 1.82) is 0 Å². The van der Waals surface area contributed by atoms with Gasteiger partial charge in [0, 0.05) is 18.1 Å². The molecule has 1 saturated carbocycles. The molecule has 1 aliphatic rings. The Hall–Kier alpha value is -0.500. The Kier molecular flexibility index (Phi) is 4.71. The van der Waals surface area contributed by atoms with Gasteiger partial charge in [0.25, 0.3) is 0 Å². The standard InChI is InChI=1S/C15H25ClN2/c1-4-5-12-6-7-15(16)13(9-12)10-14-8-11(2)17-18(14)3/h8,12-13,15H,4-7,9-10H2,1-3H3. The SMILES string of the molecule is CCCC1CCC(Cl)C(Cc2cc(C)nn2C)C1. The molecule has 1 heterocycles. The maximum atomic E-state index is 6.53. The van der Waals surface area contributed by atoms with Crippen molar-refractivity contribution >= 4 is 11.6 Å². The summed E-state index contributed by atoms with van der Waals surface area (Å²) in [5.41, 5.74) is 2.44. The largest absolute Gasteiger partial charge is 0.272 e. The maximum absolute atomic E-state index is 6.53. The van der Waals surface area contributed by atoms with E-state index in [-0.39, 0.29) is 0 Å². The lowest BCUT2D eigenvalue weighted by Crippen LogP contribution is -2.27. The third-order valence-corrected chi connectivity index (χ3v) is 4.84. The van der Waals surface area contributed by atoms with Crippen LogP contribution in [0.25, 0.3) is 0 Å². The molecule has 2 nitrogen and oxygen atoms in total. The van der Waals surface area contributed by atoms with Gasteiger partial charge in [0.15, 0.2) is 0 Å². The molecule has 102 valence electrons. The average molecular weight is 269 g/mol. The maximum Gasteiger partial charge on any atom is 0.0596 e. The lowest BCUT2D eigenvalue weighted by Gasteiger charge is -2.33. The zero-order chi connectivity index (χ0) is 13.1. The van der Waals surface area contributed by atoms with Crippen molar-refractivity contribution in [1.82, 2.24) is 9.78 Å². The molecule has 0 spiro atoms. The Morgan fingerprint density at radius 1 is 1.44 bits per heavy atom. The molecule has 2 rings (SSSR count). The molecule has 0 N–H and O–H groups in total. The van der Waals surface area contributed by atoms with Crippen LogP contribution in [0.2, 0.25) is 0 Å². The first-order valence-electron chi connectivity index (χ1n) is 7.23. The van der Waals surface area contributed by atoms with Crippen LogP contribution in [0.1, 0.15) is 50.4 Å². The monoisotopic (exact) mass is 268 g/mol. The van der Waals surface area contributed by atoms with Gasteiger partial charge in [-0.05, 0) is 50.5 Å². The molecule has 0 radical (unpaired) electrons. The Bertz CT molecular complexity index is 386. The Balaban J connectivity index is 2.00. The fourth-order valence-corrected chi connectivity index (χ4v) is 3.65. The lowest BCUT2D eigenvalue weighted by atomic mass is 9.77. The highest BCUT2D eigenvalue weighted by molar-refractivity contribution is 6.20. The number of hydrogen-bond donors (Lipinski definition) is 0. The first-order valence-corrected chi connectivity index (χ1v) is 7.67. The summed E-state index contributed by atoms with van der Waals surface area (Å²) in [5, 5.41) is 4.79. The average Bonchev–Trinajstić information content (AvgIpc) is 2.62. The van der Waals surface area contributed by atoms with E-state index in [2.05, 4.69) is 25.0 Å². The van der Waals surface area contributed by atoms with E-state index in [1.165, 1.54) is 37.8 Å². The van der Waals surface area contributed by atoms with Crippen molar-refractivity contribution < 1.29 is 0 Å². The van der Waals surface area contributed by atoms with Crippen LogP contribution in [0.5, 0.6) is 0 Å². The van der Waals surface area contributed by atoms with E-state index >= 15 is 0 Å². The molecule has 1 fully saturated rings. The van der Waals surface area contributed by atoms with Crippen LogP contribution < -0.4 is 0 Å². The van der Waals surface area contributed by atoms with Gasteiger partial charge in [0.1, 0.15) is 0 Å². The number of aryl methyl sites for hydroxylation is 2. The van der Waals surface area contributed by atoms with E-state index in [4.69, 9.17) is 11.6 Å². The van der Waals surface area contributed by atoms with E-state index in [0.29, 0.717) is 11.3 Å². The van der Waals surface area contributed by atoms with Crippen molar-refractivity contribution in [2.75, 3.05) is 0 Å². The normalized spacial score (nSPS) is 28.6. The van der Waals surface area contributed by atoms with Gasteiger partial charge in [-0.1, -0.05) is 19.8 Å². The summed E-state index contributed by atoms with van der Waals surface area (Å²) in [4.78, 5) is 0. The molecule has 3 heteroatoms. The predicted octanol–water partition coefficient (Wildman–Crippen LogP) is 4.09. The molecule has 18 heavy (non-hydrogen) atoms. The van der Waals surface area contributed by atoms with Crippen molar-refractivity contribution in [3.8, 4) is 0 Å². The summed E-state index contributed by atoms with van der Waals surface area (Å²) in [5.74, 6) is 1.52. The van der Waals surface area contributed by atoms with E-state index in [1.807, 2.05) is 11.7 Å². The highest BCUT2D eigenvalue weighted by Gasteiger charge is 2.29. The van der Waals surface area contributed by atoms with Crippen LogP contribution in [-0.4, -0.2) is 15.2 Å². The van der Waals surface area contributed by atoms with Gasteiger partial charge in [-0.25, -0.2) is 0 Å². The first-order chi connectivity index (χ1) is 8.60. The summed E-state index contributed by atoms with van der Waals surface area (Å²) >= 11 is 6.53. The highest BCUT2D eigenvalue weighted by atomic mass is 35.5. The van der Waals surface area contributed by atoms with Crippen molar-refractivity contribution in [3.63, 3.8) is 0 Å². The van der Waals surface area contributed by atoms with Gasteiger partial charge in [-0.2, -0.15) is 5.10 Å². The number of alkyl halides is 1. The smallest absolute Gasteiger partial charge is 0.0596 e. The number of nitrogens with zero attached hydrogens (tertiary/aromatic N) is 2. The second kappa shape index (κ2) is 6.10. The topological polar surface area (TPSA) is 17.8 Å². The van der Waals surface area contributed by atoms with Gasteiger partial charge >= 0.3 is 0 Å². The quantitative estimate of drug-likeness (QED) is 0.752. The molecule has 0 aromatic carbocycles. The summed E-state index contributed by atoms with van der Waals surface area (Å²) in [6.45, 7) is 4.34. The molecule has 0 bridgehead atoms. The summed E-state index contributed by atoms with van der Waals surface area (Å²) < 4.78 is 2.02. The number of hydrogen-bond acceptors (Lipinski definition) is 1. The number of aromatic nitrogens is 2. The minimum absolute atomic E-state index is 0.355. The third kappa shape index (κ3) is 3.28. The minimum Gasteiger partial charge on any atom is -0.272 e. The van der Waals surface area contributed by atoms with Crippen LogP contribution in [0.15, 0.2) is 6.07 Å². The first kappa shape index (κ1) is 13.9. The van der Waals surface area contributed by atoms with Crippen LogP contribution in [0, 0.1) is 18.8 Å². The summed E-state index contributed by atoms with van der Waals surface area (Å²) in [7, 11) is 2.04. The molecule has 3 atom stereocenters. The van der Waals surface area contributed by atoms with Crippen LogP contribution >= 0.6 is 11.6 Å².